The van der Waals surface area contributed by atoms with Gasteiger partial charge in [0.2, 0.25) is 6.39 Å². The van der Waals surface area contributed by atoms with E-state index in [1.54, 1.807) is 0 Å². The summed E-state index contributed by atoms with van der Waals surface area (Å²) in [5.74, 6) is 0.687. The maximum absolute atomic E-state index is 4.77. The van der Waals surface area contributed by atoms with E-state index < -0.39 is 0 Å². The lowest BCUT2D eigenvalue weighted by atomic mass is 9.78. The van der Waals surface area contributed by atoms with Crippen LogP contribution in [0.5, 0.6) is 0 Å². The van der Waals surface area contributed by atoms with Crippen LogP contribution in [0.4, 0.5) is 0 Å². The summed E-state index contributed by atoms with van der Waals surface area (Å²) in [4.78, 5) is 8.34. The second-order valence-corrected chi connectivity index (χ2v) is 5.06. The molecule has 1 N–H and O–H groups in total. The van der Waals surface area contributed by atoms with Crippen LogP contribution in [0, 0.1) is 0 Å². The van der Waals surface area contributed by atoms with E-state index >= 15 is 0 Å². The van der Waals surface area contributed by atoms with Crippen molar-refractivity contribution in [3.05, 3.63) is 30.4 Å². The van der Waals surface area contributed by atoms with E-state index in [1.165, 1.54) is 12.1 Å². The summed E-state index contributed by atoms with van der Waals surface area (Å²) in [6.45, 7) is 5.04. The van der Waals surface area contributed by atoms with E-state index in [0.29, 0.717) is 12.4 Å². The fourth-order valence-corrected chi connectivity index (χ4v) is 2.60. The third-order valence-electron chi connectivity index (χ3n) is 3.76. The molecule has 0 amide bonds. The zero-order valence-corrected chi connectivity index (χ0v) is 10.5. The van der Waals surface area contributed by atoms with Gasteiger partial charge in [0.05, 0.1) is 12.9 Å². The third kappa shape index (κ3) is 2.03. The molecule has 0 bridgehead atoms. The summed E-state index contributed by atoms with van der Waals surface area (Å²) in [6.07, 6.45) is 7.43. The molecule has 0 saturated carbocycles. The Bertz CT molecular complexity index is 498. The highest BCUT2D eigenvalue weighted by atomic mass is 16.5. The van der Waals surface area contributed by atoms with Crippen molar-refractivity contribution in [2.45, 2.75) is 31.7 Å². The zero-order valence-electron chi connectivity index (χ0n) is 10.5. The van der Waals surface area contributed by atoms with Gasteiger partial charge in [0.25, 0.3) is 0 Å². The summed E-state index contributed by atoms with van der Waals surface area (Å²) < 4.78 is 6.89. The minimum Gasteiger partial charge on any atom is -0.343 e. The van der Waals surface area contributed by atoms with Crippen molar-refractivity contribution in [2.24, 2.45) is 0 Å². The highest BCUT2D eigenvalue weighted by molar-refractivity contribution is 5.16. The smallest absolute Gasteiger partial charge is 0.213 e. The van der Waals surface area contributed by atoms with E-state index in [2.05, 4.69) is 31.9 Å². The largest absolute Gasteiger partial charge is 0.343 e. The zero-order chi connectivity index (χ0) is 12.4. The van der Waals surface area contributed by atoms with Crippen LogP contribution in [0.3, 0.4) is 0 Å². The summed E-state index contributed by atoms with van der Waals surface area (Å²) in [6, 6.07) is 0. The topological polar surface area (TPSA) is 68.8 Å². The van der Waals surface area contributed by atoms with Crippen molar-refractivity contribution in [1.82, 2.24) is 25.0 Å². The first-order valence-corrected chi connectivity index (χ1v) is 6.24. The molecule has 0 aliphatic carbocycles. The predicted molar refractivity (Wildman–Crippen MR) is 65.1 cm³/mol. The Labute approximate surface area is 105 Å². The lowest BCUT2D eigenvalue weighted by Crippen LogP contribution is -2.39. The van der Waals surface area contributed by atoms with Gasteiger partial charge in [0.15, 0.2) is 5.82 Å². The summed E-state index contributed by atoms with van der Waals surface area (Å²) in [5, 5.41) is 7.25. The molecule has 0 aromatic carbocycles. The highest BCUT2D eigenvalue weighted by Gasteiger charge is 2.31. The Morgan fingerprint density at radius 1 is 1.44 bits per heavy atom. The van der Waals surface area contributed by atoms with Gasteiger partial charge in [-0.2, -0.15) is 4.98 Å². The van der Waals surface area contributed by atoms with Crippen molar-refractivity contribution < 1.29 is 4.52 Å². The van der Waals surface area contributed by atoms with Gasteiger partial charge in [-0.25, -0.2) is 4.98 Å². The normalized spacial score (nSPS) is 18.9. The summed E-state index contributed by atoms with van der Waals surface area (Å²) in [5.41, 5.74) is 1.44. The molecule has 2 aromatic heterocycles. The quantitative estimate of drug-likeness (QED) is 0.874. The van der Waals surface area contributed by atoms with Gasteiger partial charge in [-0.3, -0.25) is 0 Å². The highest BCUT2D eigenvalue weighted by Crippen LogP contribution is 2.32. The van der Waals surface area contributed by atoms with Crippen LogP contribution >= 0.6 is 0 Å². The molecule has 96 valence electrons. The molecular weight excluding hydrogens is 230 g/mol. The molecule has 1 aliphatic heterocycles. The van der Waals surface area contributed by atoms with Gasteiger partial charge in [-0.15, -0.1) is 0 Å². The SMILES string of the molecule is CC1(c2cncn2Cc2ncon2)CCNCC1. The molecule has 1 aliphatic rings. The van der Waals surface area contributed by atoms with Crippen LogP contribution in [0.2, 0.25) is 0 Å². The number of piperidine rings is 1. The maximum Gasteiger partial charge on any atom is 0.213 e. The fraction of sp³-hybridized carbons (Fsp3) is 0.583. The molecule has 18 heavy (non-hydrogen) atoms. The van der Waals surface area contributed by atoms with Crippen LogP contribution in [0.1, 0.15) is 31.3 Å². The Morgan fingerprint density at radius 2 is 2.28 bits per heavy atom. The van der Waals surface area contributed by atoms with E-state index in [4.69, 9.17) is 4.52 Å². The predicted octanol–water partition coefficient (Wildman–Crippen LogP) is 0.955. The number of aromatic nitrogens is 4. The van der Waals surface area contributed by atoms with Gasteiger partial charge < -0.3 is 14.4 Å². The summed E-state index contributed by atoms with van der Waals surface area (Å²) in [7, 11) is 0. The van der Waals surface area contributed by atoms with Gasteiger partial charge in [-0.05, 0) is 25.9 Å². The molecule has 0 atom stereocenters. The van der Waals surface area contributed by atoms with E-state index in [1.807, 2.05) is 12.5 Å². The monoisotopic (exact) mass is 247 g/mol. The van der Waals surface area contributed by atoms with Crippen LogP contribution in [-0.2, 0) is 12.0 Å². The third-order valence-corrected chi connectivity index (χ3v) is 3.76. The summed E-state index contributed by atoms with van der Waals surface area (Å²) >= 11 is 0. The second kappa shape index (κ2) is 4.53. The molecule has 1 fully saturated rings. The van der Waals surface area contributed by atoms with Crippen LogP contribution in [0.25, 0.3) is 0 Å². The molecule has 0 unspecified atom stereocenters. The van der Waals surface area contributed by atoms with Crippen LogP contribution in [0.15, 0.2) is 23.4 Å². The minimum absolute atomic E-state index is 0.186. The molecule has 0 spiro atoms. The first kappa shape index (κ1) is 11.4. The number of hydrogen-bond acceptors (Lipinski definition) is 5. The first-order valence-electron chi connectivity index (χ1n) is 6.24. The number of nitrogens with one attached hydrogen (secondary N) is 1. The van der Waals surface area contributed by atoms with E-state index in [0.717, 1.165) is 25.9 Å². The standard InChI is InChI=1S/C12H17N5O/c1-12(2-4-13-5-3-12)10-6-14-8-17(10)7-11-15-9-18-16-11/h6,8-9,13H,2-5,7H2,1H3. The average molecular weight is 247 g/mol. The Hall–Kier alpha value is -1.69. The number of rotatable bonds is 3. The Morgan fingerprint density at radius 3 is 3.00 bits per heavy atom. The molecular formula is C12H17N5O. The van der Waals surface area contributed by atoms with Crippen molar-refractivity contribution in [3.63, 3.8) is 0 Å². The second-order valence-electron chi connectivity index (χ2n) is 5.06. The van der Waals surface area contributed by atoms with Crippen LogP contribution < -0.4 is 5.32 Å². The number of imidazole rings is 1. The number of hydrogen-bond donors (Lipinski definition) is 1. The van der Waals surface area contributed by atoms with E-state index in [-0.39, 0.29) is 5.41 Å². The van der Waals surface area contributed by atoms with Crippen molar-refractivity contribution in [2.75, 3.05) is 13.1 Å². The molecule has 3 rings (SSSR count). The van der Waals surface area contributed by atoms with Gasteiger partial charge in [-0.1, -0.05) is 12.1 Å². The first-order chi connectivity index (χ1) is 8.78. The van der Waals surface area contributed by atoms with Crippen molar-refractivity contribution >= 4 is 0 Å². The molecule has 3 heterocycles. The lowest BCUT2D eigenvalue weighted by Gasteiger charge is -2.34. The molecule has 2 aromatic rings. The minimum atomic E-state index is 0.186. The van der Waals surface area contributed by atoms with E-state index in [9.17, 15) is 0 Å². The molecule has 6 nitrogen and oxygen atoms in total. The average Bonchev–Trinajstić information content (AvgIpc) is 3.02. The van der Waals surface area contributed by atoms with Gasteiger partial charge in [0.1, 0.15) is 0 Å². The molecule has 1 saturated heterocycles. The molecule has 0 radical (unpaired) electrons. The van der Waals surface area contributed by atoms with Gasteiger partial charge in [0, 0.05) is 17.3 Å². The maximum atomic E-state index is 4.77. The Kier molecular flexibility index (Phi) is 2.87. The number of nitrogens with zero attached hydrogens (tertiary/aromatic N) is 4. The van der Waals surface area contributed by atoms with Crippen LogP contribution in [-0.4, -0.2) is 32.8 Å². The molecule has 6 heteroatoms. The Balaban J connectivity index is 1.86. The van der Waals surface area contributed by atoms with Gasteiger partial charge >= 0.3 is 0 Å². The van der Waals surface area contributed by atoms with Crippen molar-refractivity contribution in [3.8, 4) is 0 Å². The van der Waals surface area contributed by atoms with Crippen molar-refractivity contribution in [1.29, 1.82) is 0 Å². The lowest BCUT2D eigenvalue weighted by molar-refractivity contribution is 0.317. The fourth-order valence-electron chi connectivity index (χ4n) is 2.60.